The van der Waals surface area contributed by atoms with Crippen molar-refractivity contribution < 1.29 is 47.2 Å². The zero-order valence-corrected chi connectivity index (χ0v) is 35.4. The van der Waals surface area contributed by atoms with Crippen LogP contribution in [-0.2, 0) is 32.7 Å². The molecule has 0 amide bonds. The lowest BCUT2D eigenvalue weighted by Gasteiger charge is -2.28. The number of hydrogen-bond acceptors (Lipinski definition) is 9. The van der Waals surface area contributed by atoms with Crippen molar-refractivity contribution in [1.82, 2.24) is 0 Å². The van der Waals surface area contributed by atoms with Crippen molar-refractivity contribution >= 4 is 19.8 Å². The van der Waals surface area contributed by atoms with Crippen LogP contribution < -0.4 is 4.89 Å². The molecular weight excluding hydrogens is 705 g/mol. The lowest BCUT2D eigenvalue weighted by Crippen LogP contribution is -2.37. The molecule has 0 heterocycles. The summed E-state index contributed by atoms with van der Waals surface area (Å²) in [6.45, 7) is 3.79. The van der Waals surface area contributed by atoms with Crippen LogP contribution in [-0.4, -0.2) is 81.2 Å². The fourth-order valence-corrected chi connectivity index (χ4v) is 5.78. The molecule has 3 atom stereocenters. The molecule has 54 heavy (non-hydrogen) atoms. The van der Waals surface area contributed by atoms with Crippen molar-refractivity contribution in [3.63, 3.8) is 0 Å². The van der Waals surface area contributed by atoms with Crippen molar-refractivity contribution in [3.05, 3.63) is 60.8 Å². The van der Waals surface area contributed by atoms with Crippen molar-refractivity contribution in [2.45, 2.75) is 154 Å². The Morgan fingerprint density at radius 2 is 1.22 bits per heavy atom. The van der Waals surface area contributed by atoms with E-state index in [1.165, 1.54) is 51.4 Å². The van der Waals surface area contributed by atoms with E-state index in [0.29, 0.717) is 36.7 Å². The van der Waals surface area contributed by atoms with Gasteiger partial charge in [-0.25, -0.2) is 0 Å². The molecule has 0 aromatic heterocycles. The number of unbranched alkanes of at least 4 members (excludes halogenated alkanes) is 12. The van der Waals surface area contributed by atoms with E-state index in [9.17, 15) is 24.2 Å². The van der Waals surface area contributed by atoms with Crippen LogP contribution in [0.15, 0.2) is 60.8 Å². The Hall–Kier alpha value is -2.33. The van der Waals surface area contributed by atoms with Crippen LogP contribution in [0.5, 0.6) is 0 Å². The van der Waals surface area contributed by atoms with Gasteiger partial charge in [-0.15, -0.1) is 0 Å². The summed E-state index contributed by atoms with van der Waals surface area (Å²) < 4.78 is 33.7. The van der Waals surface area contributed by atoms with Crippen LogP contribution in [0.1, 0.15) is 142 Å². The minimum absolute atomic E-state index is 0.0472. The zero-order valence-electron chi connectivity index (χ0n) is 34.5. The highest BCUT2D eigenvalue weighted by molar-refractivity contribution is 7.45. The lowest BCUT2D eigenvalue weighted by molar-refractivity contribution is -0.870. The van der Waals surface area contributed by atoms with Gasteiger partial charge in [-0.2, -0.15) is 0 Å². The van der Waals surface area contributed by atoms with Crippen LogP contribution in [0.25, 0.3) is 0 Å². The van der Waals surface area contributed by atoms with Crippen LogP contribution in [0, 0.1) is 0 Å². The molecule has 10 nitrogen and oxygen atoms in total. The van der Waals surface area contributed by atoms with Crippen molar-refractivity contribution in [3.8, 4) is 0 Å². The number of ether oxygens (including phenoxy) is 2. The number of quaternary nitrogens is 1. The Morgan fingerprint density at radius 1 is 0.685 bits per heavy atom. The Morgan fingerprint density at radius 3 is 1.80 bits per heavy atom. The Balaban J connectivity index is 4.51. The van der Waals surface area contributed by atoms with Crippen molar-refractivity contribution in [1.29, 1.82) is 0 Å². The van der Waals surface area contributed by atoms with Crippen molar-refractivity contribution in [2.75, 3.05) is 47.5 Å². The maximum atomic E-state index is 12.6. The number of nitrogens with zero attached hydrogens (tertiary/aromatic N) is 1. The minimum Gasteiger partial charge on any atom is -0.756 e. The number of aliphatic hydroxyl groups excluding tert-OH is 1. The van der Waals surface area contributed by atoms with Gasteiger partial charge in [0.25, 0.3) is 7.82 Å². The molecule has 1 unspecified atom stereocenters. The van der Waals surface area contributed by atoms with E-state index in [1.54, 1.807) is 6.08 Å². The van der Waals surface area contributed by atoms with Gasteiger partial charge in [0.05, 0.1) is 33.9 Å². The molecule has 0 saturated heterocycles. The van der Waals surface area contributed by atoms with E-state index in [0.717, 1.165) is 38.5 Å². The van der Waals surface area contributed by atoms with E-state index < -0.39 is 32.5 Å². The summed E-state index contributed by atoms with van der Waals surface area (Å²) in [6.07, 6.45) is 37.8. The smallest absolute Gasteiger partial charge is 0.306 e. The van der Waals surface area contributed by atoms with Gasteiger partial charge in [-0.1, -0.05) is 145 Å². The van der Waals surface area contributed by atoms with E-state index in [-0.39, 0.29) is 32.2 Å². The van der Waals surface area contributed by atoms with E-state index in [1.807, 2.05) is 52.4 Å². The molecule has 0 aliphatic rings. The Bertz CT molecular complexity index is 1130. The first-order chi connectivity index (χ1) is 25.9. The fraction of sp³-hybridized carbons (Fsp3) is 0.721. The quantitative estimate of drug-likeness (QED) is 0.0165. The number of esters is 2. The molecule has 0 aromatic carbocycles. The third-order valence-corrected chi connectivity index (χ3v) is 9.42. The molecule has 0 rings (SSSR count). The molecule has 0 bridgehead atoms. The lowest BCUT2D eigenvalue weighted by atomic mass is 10.0. The normalized spacial score (nSPS) is 14.9. The second kappa shape index (κ2) is 35.1. The number of allylic oxidation sites excluding steroid dienone is 9. The number of aliphatic hydroxyl groups is 1. The summed E-state index contributed by atoms with van der Waals surface area (Å²) in [7, 11) is 1.11. The summed E-state index contributed by atoms with van der Waals surface area (Å²) in [5.74, 6) is -0.926. The summed E-state index contributed by atoms with van der Waals surface area (Å²) in [6, 6.07) is 0. The molecule has 0 spiro atoms. The maximum absolute atomic E-state index is 12.6. The largest absolute Gasteiger partial charge is 0.756 e. The molecule has 11 heteroatoms. The summed E-state index contributed by atoms with van der Waals surface area (Å²) in [5, 5.41) is 9.47. The number of phosphoric acid groups is 1. The van der Waals surface area contributed by atoms with Gasteiger partial charge in [-0.05, 0) is 44.9 Å². The monoisotopic (exact) mass is 782 g/mol. The first-order valence-electron chi connectivity index (χ1n) is 20.6. The average Bonchev–Trinajstić information content (AvgIpc) is 3.12. The Labute approximate surface area is 329 Å². The van der Waals surface area contributed by atoms with E-state index in [4.69, 9.17) is 18.5 Å². The number of likely N-dealkylation sites (N-methyl/N-ethyl adjacent to an activating group) is 1. The number of rotatable bonds is 36. The molecule has 0 radical (unpaired) electrons. The van der Waals surface area contributed by atoms with Crippen LogP contribution in [0.3, 0.4) is 0 Å². The number of phosphoric ester groups is 1. The average molecular weight is 782 g/mol. The number of carbonyl (C=O) groups excluding carboxylic acids is 2. The van der Waals surface area contributed by atoms with Crippen LogP contribution >= 0.6 is 7.82 Å². The van der Waals surface area contributed by atoms with Gasteiger partial charge in [0.15, 0.2) is 6.10 Å². The second-order valence-corrected chi connectivity index (χ2v) is 16.2. The second-order valence-electron chi connectivity index (χ2n) is 14.8. The number of carbonyl (C=O) groups is 2. The van der Waals surface area contributed by atoms with Crippen LogP contribution in [0.4, 0.5) is 0 Å². The molecule has 0 saturated carbocycles. The highest BCUT2D eigenvalue weighted by Gasteiger charge is 2.21. The molecule has 0 aromatic rings. The zero-order chi connectivity index (χ0) is 40.2. The van der Waals surface area contributed by atoms with Gasteiger partial charge in [-0.3, -0.25) is 14.2 Å². The topological polar surface area (TPSA) is 131 Å². The van der Waals surface area contributed by atoms with Gasteiger partial charge >= 0.3 is 11.9 Å². The maximum Gasteiger partial charge on any atom is 0.306 e. The third kappa shape index (κ3) is 38.0. The summed E-state index contributed by atoms with van der Waals surface area (Å²) in [4.78, 5) is 37.4. The summed E-state index contributed by atoms with van der Waals surface area (Å²) in [5.41, 5.74) is 0. The van der Waals surface area contributed by atoms with E-state index >= 15 is 0 Å². The van der Waals surface area contributed by atoms with Gasteiger partial charge in [0.1, 0.15) is 19.8 Å². The minimum atomic E-state index is -4.64. The molecular formula is C43H76NO9P. The third-order valence-electron chi connectivity index (χ3n) is 8.46. The van der Waals surface area contributed by atoms with Gasteiger partial charge in [0, 0.05) is 12.8 Å². The molecule has 0 aliphatic heterocycles. The highest BCUT2D eigenvalue weighted by Crippen LogP contribution is 2.38. The predicted octanol–water partition coefficient (Wildman–Crippen LogP) is 9.63. The van der Waals surface area contributed by atoms with E-state index in [2.05, 4.69) is 37.3 Å². The summed E-state index contributed by atoms with van der Waals surface area (Å²) >= 11 is 0. The Kier molecular flexibility index (Phi) is 33.6. The molecule has 312 valence electrons. The standard InChI is InChI=1S/C43H76NO9P/c1-6-8-9-10-11-12-13-19-23-26-29-32-35-43(47)53-41(39-52-54(48,49)51-37-36-44(3,4)5)38-50-42(46)34-31-28-25-22-20-17-15-14-16-18-21-24-27-30-33-40(45)7-2/h15-18,22,24-25,27,30,33,40-41,45H,6-14,19-21,23,26,28-29,31-32,34-39H2,1-5H3/b17-15-,18-16-,25-22-,27-24-,33-30+/t40-,41+/m0/s1. The first kappa shape index (κ1) is 51.7. The predicted molar refractivity (Wildman–Crippen MR) is 219 cm³/mol. The van der Waals surface area contributed by atoms with Crippen LogP contribution in [0.2, 0.25) is 0 Å². The first-order valence-corrected chi connectivity index (χ1v) is 22.1. The van der Waals surface area contributed by atoms with Crippen molar-refractivity contribution in [2.24, 2.45) is 0 Å². The molecule has 0 fully saturated rings. The SMILES string of the molecule is CCCCCCCCCCCCCCC(=O)O[C@H](COC(=O)CCC/C=C\C/C=C\C/C=C\C/C=C\C=C\[C@@H](O)CC)COP(=O)([O-])OCC[N+](C)(C)C. The molecule has 0 aliphatic carbocycles. The van der Waals surface area contributed by atoms with Gasteiger partial charge < -0.3 is 33.0 Å². The highest BCUT2D eigenvalue weighted by atomic mass is 31.2. The van der Waals surface area contributed by atoms with Gasteiger partial charge in [0.2, 0.25) is 0 Å². The molecule has 1 N–H and O–H groups in total. The number of hydrogen-bond donors (Lipinski definition) is 1. The fourth-order valence-electron chi connectivity index (χ4n) is 5.05.